The first-order chi connectivity index (χ1) is 11.0. The molecule has 2 N–H and O–H groups in total. The largest absolute Gasteiger partial charge is 0.480 e. The number of nitrogens with zero attached hydrogens (tertiary/aromatic N) is 1. The molecule has 0 aliphatic rings. The number of pyridine rings is 1. The van der Waals surface area contributed by atoms with Gasteiger partial charge in [-0.3, -0.25) is 14.6 Å². The normalized spacial score (nSPS) is 11.7. The zero-order valence-corrected chi connectivity index (χ0v) is 12.5. The van der Waals surface area contributed by atoms with Crippen LogP contribution in [0.15, 0.2) is 36.5 Å². The Labute approximate surface area is 132 Å². The van der Waals surface area contributed by atoms with Crippen LogP contribution in [0.2, 0.25) is 0 Å². The Hall–Kier alpha value is -2.96. The summed E-state index contributed by atoms with van der Waals surface area (Å²) in [5.74, 6) is -2.60. The van der Waals surface area contributed by atoms with E-state index in [2.05, 4.69) is 10.3 Å². The topological polar surface area (TPSA) is 106 Å². The maximum Gasteiger partial charge on any atom is 0.326 e. The maximum atomic E-state index is 12.3. The van der Waals surface area contributed by atoms with Crippen molar-refractivity contribution < 1.29 is 24.2 Å². The van der Waals surface area contributed by atoms with Gasteiger partial charge in [-0.15, -0.1) is 0 Å². The van der Waals surface area contributed by atoms with Crippen LogP contribution in [0.4, 0.5) is 0 Å². The minimum Gasteiger partial charge on any atom is -0.480 e. The fourth-order valence-corrected chi connectivity index (χ4v) is 2.11. The Balaban J connectivity index is 2.21. The third-order valence-electron chi connectivity index (χ3n) is 3.16. The lowest BCUT2D eigenvalue weighted by Gasteiger charge is -2.14. The van der Waals surface area contributed by atoms with E-state index in [1.165, 1.54) is 0 Å². The highest BCUT2D eigenvalue weighted by atomic mass is 16.5. The number of aromatic nitrogens is 1. The second kappa shape index (κ2) is 7.35. The molecule has 1 aromatic carbocycles. The third kappa shape index (κ3) is 4.03. The molecule has 120 valence electrons. The van der Waals surface area contributed by atoms with Crippen LogP contribution in [0.3, 0.4) is 0 Å². The van der Waals surface area contributed by atoms with Crippen molar-refractivity contribution in [3.8, 4) is 0 Å². The minimum absolute atomic E-state index is 0.145. The maximum absolute atomic E-state index is 12.3. The highest BCUT2D eigenvalue weighted by molar-refractivity contribution is 6.06. The number of nitrogens with one attached hydrogen (secondary N) is 1. The highest BCUT2D eigenvalue weighted by Crippen LogP contribution is 2.16. The van der Waals surface area contributed by atoms with E-state index >= 15 is 0 Å². The lowest BCUT2D eigenvalue weighted by Crippen LogP contribution is -2.42. The van der Waals surface area contributed by atoms with E-state index in [0.29, 0.717) is 5.52 Å². The number of para-hydroxylation sites is 1. The monoisotopic (exact) mass is 316 g/mol. The molecule has 7 nitrogen and oxygen atoms in total. The Morgan fingerprint density at radius 3 is 2.70 bits per heavy atom. The van der Waals surface area contributed by atoms with Gasteiger partial charge in [0.2, 0.25) is 0 Å². The Kier molecular flexibility index (Phi) is 5.24. The minimum atomic E-state index is -1.36. The number of ether oxygens (including phenoxy) is 1. The fraction of sp³-hybridized carbons (Fsp3) is 0.250. The molecule has 1 amide bonds. The summed E-state index contributed by atoms with van der Waals surface area (Å²) in [6.07, 6.45) is 1.11. The number of hydrogen-bond acceptors (Lipinski definition) is 5. The number of rotatable bonds is 6. The van der Waals surface area contributed by atoms with Crippen molar-refractivity contribution in [2.75, 3.05) is 6.61 Å². The van der Waals surface area contributed by atoms with Crippen LogP contribution in [-0.2, 0) is 14.3 Å². The van der Waals surface area contributed by atoms with Crippen LogP contribution in [-0.4, -0.2) is 40.6 Å². The van der Waals surface area contributed by atoms with Crippen LogP contribution in [0.5, 0.6) is 0 Å². The molecule has 2 rings (SSSR count). The zero-order chi connectivity index (χ0) is 16.8. The number of hydrogen-bond donors (Lipinski definition) is 2. The molecule has 1 heterocycles. The molecule has 0 aliphatic carbocycles. The van der Waals surface area contributed by atoms with Crippen molar-refractivity contribution in [1.82, 2.24) is 10.3 Å². The predicted octanol–water partition coefficient (Wildman–Crippen LogP) is 1.37. The first-order valence-corrected chi connectivity index (χ1v) is 7.06. The summed E-state index contributed by atoms with van der Waals surface area (Å²) in [6, 6.07) is 7.21. The van der Waals surface area contributed by atoms with E-state index in [-0.39, 0.29) is 12.2 Å². The standard InChI is InChI=1S/C16H16N2O5/c1-2-23-13(19)9-12(16(21)22)18-15(20)11-7-3-5-10-6-4-8-17-14(10)11/h3-8,12H,2,9H2,1H3,(H,18,20)(H,21,22)/t12-/m1/s1. The van der Waals surface area contributed by atoms with Crippen molar-refractivity contribution in [3.63, 3.8) is 0 Å². The van der Waals surface area contributed by atoms with Crippen LogP contribution in [0.25, 0.3) is 10.9 Å². The molecular weight excluding hydrogens is 300 g/mol. The first kappa shape index (κ1) is 16.4. The van der Waals surface area contributed by atoms with Crippen molar-refractivity contribution in [2.45, 2.75) is 19.4 Å². The van der Waals surface area contributed by atoms with Gasteiger partial charge in [0, 0.05) is 11.6 Å². The third-order valence-corrected chi connectivity index (χ3v) is 3.16. The van der Waals surface area contributed by atoms with Crippen LogP contribution in [0.1, 0.15) is 23.7 Å². The molecular formula is C16H16N2O5. The number of esters is 1. The molecule has 7 heteroatoms. The molecule has 1 aromatic heterocycles. The summed E-state index contributed by atoms with van der Waals surface area (Å²) in [6.45, 7) is 1.76. The number of carbonyl (C=O) groups is 3. The van der Waals surface area contributed by atoms with Gasteiger partial charge in [-0.2, -0.15) is 0 Å². The molecule has 0 radical (unpaired) electrons. The molecule has 0 aliphatic heterocycles. The number of benzene rings is 1. The first-order valence-electron chi connectivity index (χ1n) is 7.06. The van der Waals surface area contributed by atoms with Gasteiger partial charge in [0.15, 0.2) is 0 Å². The zero-order valence-electron chi connectivity index (χ0n) is 12.5. The molecule has 0 spiro atoms. The smallest absolute Gasteiger partial charge is 0.326 e. The molecule has 0 saturated heterocycles. The number of carboxylic acid groups (broad SMARTS) is 1. The molecule has 1 atom stereocenters. The number of carbonyl (C=O) groups excluding carboxylic acids is 2. The van der Waals surface area contributed by atoms with E-state index in [0.717, 1.165) is 5.39 Å². The van der Waals surface area contributed by atoms with Gasteiger partial charge in [-0.05, 0) is 19.1 Å². The lowest BCUT2D eigenvalue weighted by molar-refractivity contribution is -0.149. The average Bonchev–Trinajstić information content (AvgIpc) is 2.53. The van der Waals surface area contributed by atoms with E-state index in [9.17, 15) is 14.4 Å². The summed E-state index contributed by atoms with van der Waals surface area (Å²) in [7, 11) is 0. The second-order valence-electron chi connectivity index (χ2n) is 4.75. The molecule has 0 saturated carbocycles. The second-order valence-corrected chi connectivity index (χ2v) is 4.75. The van der Waals surface area contributed by atoms with Gasteiger partial charge in [0.25, 0.3) is 5.91 Å². The van der Waals surface area contributed by atoms with Crippen molar-refractivity contribution in [3.05, 3.63) is 42.1 Å². The number of amides is 1. The highest BCUT2D eigenvalue weighted by Gasteiger charge is 2.25. The molecule has 2 aromatic rings. The summed E-state index contributed by atoms with van der Waals surface area (Å²) >= 11 is 0. The number of aliphatic carboxylic acids is 1. The van der Waals surface area contributed by atoms with Crippen molar-refractivity contribution >= 4 is 28.7 Å². The quantitative estimate of drug-likeness (QED) is 0.780. The van der Waals surface area contributed by atoms with Gasteiger partial charge >= 0.3 is 11.9 Å². The van der Waals surface area contributed by atoms with E-state index in [1.807, 2.05) is 0 Å². The van der Waals surface area contributed by atoms with Crippen molar-refractivity contribution in [1.29, 1.82) is 0 Å². The lowest BCUT2D eigenvalue weighted by atomic mass is 10.1. The average molecular weight is 316 g/mol. The van der Waals surface area contributed by atoms with Crippen molar-refractivity contribution in [2.24, 2.45) is 0 Å². The fourth-order valence-electron chi connectivity index (χ4n) is 2.11. The van der Waals surface area contributed by atoms with Gasteiger partial charge in [-0.25, -0.2) is 4.79 Å². The van der Waals surface area contributed by atoms with Gasteiger partial charge in [0.1, 0.15) is 6.04 Å². The summed E-state index contributed by atoms with van der Waals surface area (Å²) < 4.78 is 4.71. The summed E-state index contributed by atoms with van der Waals surface area (Å²) in [5.41, 5.74) is 0.714. The Bertz CT molecular complexity index is 739. The van der Waals surface area contributed by atoms with Gasteiger partial charge in [-0.1, -0.05) is 18.2 Å². The molecule has 0 bridgehead atoms. The van der Waals surface area contributed by atoms with Gasteiger partial charge in [0.05, 0.1) is 24.1 Å². The SMILES string of the molecule is CCOC(=O)C[C@@H](NC(=O)c1cccc2cccnc12)C(=O)O. The summed E-state index contributed by atoms with van der Waals surface area (Å²) in [5, 5.41) is 12.3. The number of fused-ring (bicyclic) bond motifs is 1. The van der Waals surface area contributed by atoms with E-state index < -0.39 is 30.3 Å². The Morgan fingerprint density at radius 1 is 1.26 bits per heavy atom. The molecule has 23 heavy (non-hydrogen) atoms. The number of carboxylic acids is 1. The predicted molar refractivity (Wildman–Crippen MR) is 81.9 cm³/mol. The van der Waals surface area contributed by atoms with Crippen LogP contribution < -0.4 is 5.32 Å². The Morgan fingerprint density at radius 2 is 2.00 bits per heavy atom. The van der Waals surface area contributed by atoms with Crippen LogP contribution >= 0.6 is 0 Å². The van der Waals surface area contributed by atoms with Gasteiger partial charge < -0.3 is 15.2 Å². The molecule has 0 unspecified atom stereocenters. The van der Waals surface area contributed by atoms with E-state index in [4.69, 9.17) is 9.84 Å². The molecule has 0 fully saturated rings. The van der Waals surface area contributed by atoms with Crippen LogP contribution in [0, 0.1) is 0 Å². The summed E-state index contributed by atoms with van der Waals surface area (Å²) in [4.78, 5) is 39.2. The van der Waals surface area contributed by atoms with E-state index in [1.54, 1.807) is 43.5 Å².